The monoisotopic (exact) mass is 346 g/mol. The number of rotatable bonds is 4. The van der Waals surface area contributed by atoms with Gasteiger partial charge < -0.3 is 10.2 Å². The van der Waals surface area contributed by atoms with Crippen LogP contribution in [-0.4, -0.2) is 29.3 Å². The van der Waals surface area contributed by atoms with Crippen LogP contribution in [-0.2, 0) is 6.54 Å². The fraction of sp³-hybridized carbons (Fsp3) is 0.375. The van der Waals surface area contributed by atoms with Crippen LogP contribution in [0.3, 0.4) is 0 Å². The van der Waals surface area contributed by atoms with E-state index in [1.165, 1.54) is 22.9 Å². The van der Waals surface area contributed by atoms with Crippen molar-refractivity contribution >= 4 is 21.7 Å². The van der Waals surface area contributed by atoms with Crippen LogP contribution in [0.4, 0.5) is 5.82 Å². The summed E-state index contributed by atoms with van der Waals surface area (Å²) in [6.45, 7) is 2.94. The molecule has 1 saturated heterocycles. The number of hydrogen-bond donors (Lipinski definition) is 1. The SMILES string of the molecule is Brc1ccccc1CNC1CCCN(c2cccnn2)C1. The Kier molecular flexibility index (Phi) is 4.83. The highest BCUT2D eigenvalue weighted by Crippen LogP contribution is 2.19. The second kappa shape index (κ2) is 7.00. The molecule has 0 aliphatic carbocycles. The molecule has 1 fully saturated rings. The number of nitrogens with one attached hydrogen (secondary N) is 1. The van der Waals surface area contributed by atoms with Crippen molar-refractivity contribution in [2.24, 2.45) is 0 Å². The summed E-state index contributed by atoms with van der Waals surface area (Å²) in [5, 5.41) is 11.8. The zero-order chi connectivity index (χ0) is 14.5. The van der Waals surface area contributed by atoms with Crippen molar-refractivity contribution in [1.29, 1.82) is 0 Å². The van der Waals surface area contributed by atoms with E-state index in [2.05, 4.69) is 54.5 Å². The molecule has 2 heterocycles. The van der Waals surface area contributed by atoms with E-state index < -0.39 is 0 Å². The highest BCUT2D eigenvalue weighted by Gasteiger charge is 2.20. The van der Waals surface area contributed by atoms with Gasteiger partial charge in [0, 0.05) is 36.3 Å². The Labute approximate surface area is 133 Å². The van der Waals surface area contributed by atoms with Gasteiger partial charge in [-0.1, -0.05) is 34.1 Å². The van der Waals surface area contributed by atoms with Crippen LogP contribution in [0.2, 0.25) is 0 Å². The average molecular weight is 347 g/mol. The quantitative estimate of drug-likeness (QED) is 0.923. The molecule has 1 aliphatic heterocycles. The molecule has 0 radical (unpaired) electrons. The minimum atomic E-state index is 0.493. The van der Waals surface area contributed by atoms with Crippen LogP contribution in [0.5, 0.6) is 0 Å². The highest BCUT2D eigenvalue weighted by atomic mass is 79.9. The van der Waals surface area contributed by atoms with E-state index in [0.717, 1.165) is 25.5 Å². The Morgan fingerprint density at radius 3 is 2.95 bits per heavy atom. The molecule has 1 N–H and O–H groups in total. The van der Waals surface area contributed by atoms with E-state index in [0.29, 0.717) is 6.04 Å². The molecule has 0 bridgehead atoms. The minimum absolute atomic E-state index is 0.493. The summed E-state index contributed by atoms with van der Waals surface area (Å²) in [5.41, 5.74) is 1.30. The third-order valence-electron chi connectivity index (χ3n) is 3.84. The molecular weight excluding hydrogens is 328 g/mol. The average Bonchev–Trinajstić information content (AvgIpc) is 2.55. The molecule has 2 aromatic rings. The lowest BCUT2D eigenvalue weighted by Gasteiger charge is -2.33. The van der Waals surface area contributed by atoms with Gasteiger partial charge in [-0.05, 0) is 36.6 Å². The van der Waals surface area contributed by atoms with Crippen LogP contribution in [0.25, 0.3) is 0 Å². The fourth-order valence-electron chi connectivity index (χ4n) is 2.71. The molecule has 21 heavy (non-hydrogen) atoms. The summed E-state index contributed by atoms with van der Waals surface area (Å²) in [5.74, 6) is 0.977. The van der Waals surface area contributed by atoms with Gasteiger partial charge in [0.2, 0.25) is 0 Å². The van der Waals surface area contributed by atoms with Crippen molar-refractivity contribution in [1.82, 2.24) is 15.5 Å². The van der Waals surface area contributed by atoms with Gasteiger partial charge in [-0.3, -0.25) is 0 Å². The Hall–Kier alpha value is -1.46. The normalized spacial score (nSPS) is 18.7. The van der Waals surface area contributed by atoms with Gasteiger partial charge >= 0.3 is 0 Å². The molecule has 1 aromatic carbocycles. The van der Waals surface area contributed by atoms with Gasteiger partial charge in [-0.15, -0.1) is 5.10 Å². The number of hydrogen-bond acceptors (Lipinski definition) is 4. The second-order valence-corrected chi connectivity index (χ2v) is 6.19. The van der Waals surface area contributed by atoms with Crippen molar-refractivity contribution < 1.29 is 0 Å². The van der Waals surface area contributed by atoms with E-state index >= 15 is 0 Å². The summed E-state index contributed by atoms with van der Waals surface area (Å²) >= 11 is 3.60. The number of anilines is 1. The third kappa shape index (κ3) is 3.80. The number of piperidine rings is 1. The molecule has 3 rings (SSSR count). The Morgan fingerprint density at radius 2 is 2.14 bits per heavy atom. The first-order valence-electron chi connectivity index (χ1n) is 7.32. The Morgan fingerprint density at radius 1 is 1.24 bits per heavy atom. The van der Waals surface area contributed by atoms with Gasteiger partial charge in [0.1, 0.15) is 0 Å². The number of nitrogens with zero attached hydrogens (tertiary/aromatic N) is 3. The summed E-state index contributed by atoms with van der Waals surface area (Å²) in [4.78, 5) is 2.31. The van der Waals surface area contributed by atoms with E-state index in [4.69, 9.17) is 0 Å². The van der Waals surface area contributed by atoms with Gasteiger partial charge in [0.15, 0.2) is 5.82 Å². The zero-order valence-corrected chi connectivity index (χ0v) is 13.5. The van der Waals surface area contributed by atoms with Crippen LogP contribution in [0, 0.1) is 0 Å². The maximum Gasteiger partial charge on any atom is 0.151 e. The maximum atomic E-state index is 4.21. The molecule has 0 amide bonds. The molecular formula is C16H19BrN4. The predicted molar refractivity (Wildman–Crippen MR) is 88.2 cm³/mol. The molecule has 1 aliphatic rings. The predicted octanol–water partition coefficient (Wildman–Crippen LogP) is 3.00. The number of benzene rings is 1. The standard InChI is InChI=1S/C16H19BrN4/c17-15-7-2-1-5-13(15)11-18-14-6-4-10-21(12-14)16-8-3-9-19-20-16/h1-3,5,7-9,14,18H,4,6,10-12H2. The van der Waals surface area contributed by atoms with Crippen LogP contribution >= 0.6 is 15.9 Å². The molecule has 5 heteroatoms. The Balaban J connectivity index is 1.58. The highest BCUT2D eigenvalue weighted by molar-refractivity contribution is 9.10. The van der Waals surface area contributed by atoms with Crippen molar-refractivity contribution in [3.8, 4) is 0 Å². The lowest BCUT2D eigenvalue weighted by molar-refractivity contribution is 0.419. The summed E-state index contributed by atoms with van der Waals surface area (Å²) in [7, 11) is 0. The first-order valence-corrected chi connectivity index (χ1v) is 8.11. The van der Waals surface area contributed by atoms with E-state index in [1.54, 1.807) is 6.20 Å². The molecule has 1 atom stereocenters. The smallest absolute Gasteiger partial charge is 0.151 e. The van der Waals surface area contributed by atoms with Crippen molar-refractivity contribution in [2.45, 2.75) is 25.4 Å². The summed E-state index contributed by atoms with van der Waals surface area (Å²) < 4.78 is 1.17. The van der Waals surface area contributed by atoms with Gasteiger partial charge in [0.25, 0.3) is 0 Å². The van der Waals surface area contributed by atoms with Crippen LogP contribution in [0.1, 0.15) is 18.4 Å². The Bertz CT molecular complexity index is 575. The summed E-state index contributed by atoms with van der Waals surface area (Å²) in [6.07, 6.45) is 4.11. The molecule has 1 unspecified atom stereocenters. The topological polar surface area (TPSA) is 41.0 Å². The number of aromatic nitrogens is 2. The maximum absolute atomic E-state index is 4.21. The van der Waals surface area contributed by atoms with Crippen LogP contribution < -0.4 is 10.2 Å². The largest absolute Gasteiger partial charge is 0.354 e. The first-order chi connectivity index (χ1) is 10.3. The summed E-state index contributed by atoms with van der Waals surface area (Å²) in [6, 6.07) is 12.8. The third-order valence-corrected chi connectivity index (χ3v) is 4.62. The minimum Gasteiger partial charge on any atom is -0.354 e. The molecule has 1 aromatic heterocycles. The van der Waals surface area contributed by atoms with E-state index in [9.17, 15) is 0 Å². The first kappa shape index (κ1) is 14.5. The fourth-order valence-corrected chi connectivity index (χ4v) is 3.13. The van der Waals surface area contributed by atoms with E-state index in [-0.39, 0.29) is 0 Å². The molecule has 110 valence electrons. The molecule has 0 saturated carbocycles. The van der Waals surface area contributed by atoms with Gasteiger partial charge in [-0.2, -0.15) is 5.10 Å². The lowest BCUT2D eigenvalue weighted by Crippen LogP contribution is -2.45. The van der Waals surface area contributed by atoms with Gasteiger partial charge in [0.05, 0.1) is 0 Å². The molecule has 4 nitrogen and oxygen atoms in total. The van der Waals surface area contributed by atoms with Crippen molar-refractivity contribution in [3.05, 3.63) is 52.6 Å². The lowest BCUT2D eigenvalue weighted by atomic mass is 10.1. The van der Waals surface area contributed by atoms with Crippen LogP contribution in [0.15, 0.2) is 47.1 Å². The number of halogens is 1. The van der Waals surface area contributed by atoms with Crippen molar-refractivity contribution in [3.63, 3.8) is 0 Å². The molecule has 0 spiro atoms. The second-order valence-electron chi connectivity index (χ2n) is 5.34. The van der Waals surface area contributed by atoms with Crippen molar-refractivity contribution in [2.75, 3.05) is 18.0 Å². The van der Waals surface area contributed by atoms with Gasteiger partial charge in [-0.25, -0.2) is 0 Å². The zero-order valence-electron chi connectivity index (χ0n) is 11.9. The van der Waals surface area contributed by atoms with E-state index in [1.807, 2.05) is 18.2 Å².